The van der Waals surface area contributed by atoms with Crippen molar-refractivity contribution < 1.29 is 14.3 Å². The maximum absolute atomic E-state index is 13.8. The zero-order valence-electron chi connectivity index (χ0n) is 23.7. The molecule has 4 N–H and O–H groups in total. The summed E-state index contributed by atoms with van der Waals surface area (Å²) in [5.41, 5.74) is 7.92. The number of nitrogens with zero attached hydrogens (tertiary/aromatic N) is 1. The Kier molecular flexibility index (Phi) is 7.29. The summed E-state index contributed by atoms with van der Waals surface area (Å²) in [7, 11) is 3.49. The van der Waals surface area contributed by atoms with Crippen LogP contribution in [0.2, 0.25) is 0 Å². The summed E-state index contributed by atoms with van der Waals surface area (Å²) in [5.74, 6) is 11.7. The molecule has 0 spiro atoms. The van der Waals surface area contributed by atoms with Gasteiger partial charge in [-0.15, -0.1) is 0 Å². The van der Waals surface area contributed by atoms with E-state index in [0.717, 1.165) is 43.6 Å². The summed E-state index contributed by atoms with van der Waals surface area (Å²) in [6, 6.07) is 5.43. The van der Waals surface area contributed by atoms with Crippen molar-refractivity contribution >= 4 is 17.2 Å². The lowest BCUT2D eigenvalue weighted by Crippen LogP contribution is -2.57. The van der Waals surface area contributed by atoms with Gasteiger partial charge in [-0.2, -0.15) is 0 Å². The molecule has 4 fully saturated rings. The van der Waals surface area contributed by atoms with Crippen LogP contribution >= 0.6 is 0 Å². The Morgan fingerprint density at radius 1 is 1.05 bits per heavy atom. The first-order valence-corrected chi connectivity index (χ1v) is 14.6. The summed E-state index contributed by atoms with van der Waals surface area (Å²) < 4.78 is 11.1. The monoisotopic (exact) mass is 511 g/mol. The van der Waals surface area contributed by atoms with Crippen LogP contribution in [0.5, 0.6) is 5.75 Å². The fourth-order valence-corrected chi connectivity index (χ4v) is 9.84. The zero-order chi connectivity index (χ0) is 26.5. The van der Waals surface area contributed by atoms with Crippen LogP contribution < -0.4 is 21.3 Å². The van der Waals surface area contributed by atoms with Crippen LogP contribution in [0.1, 0.15) is 72.1 Å². The second kappa shape index (κ2) is 10.1. The number of hydrogen-bond acceptors (Lipinski definition) is 6. The Hall–Kier alpha value is -1.79. The molecule has 6 heteroatoms. The summed E-state index contributed by atoms with van der Waals surface area (Å²) in [4.78, 5) is 13.8. The lowest BCUT2D eigenvalue weighted by atomic mass is 9.42. The molecule has 0 heterocycles. The van der Waals surface area contributed by atoms with Crippen molar-refractivity contribution in [3.8, 4) is 5.75 Å². The van der Waals surface area contributed by atoms with E-state index in [-0.39, 0.29) is 23.7 Å². The molecule has 4 aliphatic carbocycles. The number of hydrazine groups is 1. The van der Waals surface area contributed by atoms with Crippen LogP contribution in [-0.4, -0.2) is 33.2 Å². The predicted molar refractivity (Wildman–Crippen MR) is 149 cm³/mol. The van der Waals surface area contributed by atoms with Crippen molar-refractivity contribution in [1.82, 2.24) is 0 Å². The average Bonchev–Trinajstić information content (AvgIpc) is 3.22. The number of hydrogen-bond donors (Lipinski definition) is 2. The average molecular weight is 512 g/mol. The van der Waals surface area contributed by atoms with Gasteiger partial charge in [0.15, 0.2) is 5.78 Å². The van der Waals surface area contributed by atoms with Crippen LogP contribution in [0, 0.1) is 52.3 Å². The molecule has 0 bridgehead atoms. The molecule has 206 valence electrons. The minimum atomic E-state index is 0.0433. The topological polar surface area (TPSA) is 90.8 Å². The van der Waals surface area contributed by atoms with Crippen LogP contribution in [-0.2, 0) is 9.53 Å². The third-order valence-electron chi connectivity index (χ3n) is 11.7. The van der Waals surface area contributed by atoms with E-state index in [1.54, 1.807) is 13.2 Å². The molecule has 4 aliphatic rings. The molecule has 0 amide bonds. The quantitative estimate of drug-likeness (QED) is 0.277. The fraction of sp³-hybridized carbons (Fsp3) is 0.774. The van der Waals surface area contributed by atoms with Crippen molar-refractivity contribution in [3.05, 3.63) is 18.2 Å². The highest BCUT2D eigenvalue weighted by atomic mass is 16.5. The van der Waals surface area contributed by atoms with E-state index in [1.807, 2.05) is 19.2 Å². The highest BCUT2D eigenvalue weighted by Gasteiger charge is 2.63. The lowest BCUT2D eigenvalue weighted by Gasteiger charge is -2.63. The highest BCUT2D eigenvalue weighted by Crippen LogP contribution is 2.69. The number of Topliss-reactive ketones (excluding diaryl/α,β-unsaturated/α-hetero) is 1. The number of ether oxygens (including phenoxy) is 2. The maximum Gasteiger partial charge on any atom is 0.157 e. The van der Waals surface area contributed by atoms with Gasteiger partial charge in [0, 0.05) is 25.7 Å². The van der Waals surface area contributed by atoms with Gasteiger partial charge in [0.05, 0.1) is 25.0 Å². The van der Waals surface area contributed by atoms with Crippen LogP contribution in [0.15, 0.2) is 18.2 Å². The number of anilines is 2. The first kappa shape index (κ1) is 26.8. The summed E-state index contributed by atoms with van der Waals surface area (Å²) in [5, 5.41) is 1.53. The third-order valence-corrected chi connectivity index (χ3v) is 11.7. The van der Waals surface area contributed by atoms with Gasteiger partial charge in [-0.1, -0.05) is 27.2 Å². The third kappa shape index (κ3) is 4.46. The number of fused-ring (bicyclic) bond motifs is 5. The second-order valence-electron chi connectivity index (χ2n) is 13.5. The van der Waals surface area contributed by atoms with Gasteiger partial charge in [-0.05, 0) is 103 Å². The molecule has 37 heavy (non-hydrogen) atoms. The number of nitrogens with two attached hydrogens (primary N) is 2. The molecule has 1 aromatic carbocycles. The van der Waals surface area contributed by atoms with E-state index < -0.39 is 0 Å². The molecular weight excluding hydrogens is 462 g/mol. The van der Waals surface area contributed by atoms with E-state index in [2.05, 4.69) is 20.8 Å². The van der Waals surface area contributed by atoms with Crippen molar-refractivity contribution in [3.63, 3.8) is 0 Å². The Morgan fingerprint density at radius 2 is 1.78 bits per heavy atom. The van der Waals surface area contributed by atoms with Crippen LogP contribution in [0.3, 0.4) is 0 Å². The summed E-state index contributed by atoms with van der Waals surface area (Å²) >= 11 is 0. The molecule has 0 aromatic heterocycles. The normalized spacial score (nSPS) is 40.9. The van der Waals surface area contributed by atoms with Gasteiger partial charge < -0.3 is 20.2 Å². The molecule has 0 radical (unpaired) electrons. The molecule has 9 unspecified atom stereocenters. The Balaban J connectivity index is 1.36. The van der Waals surface area contributed by atoms with E-state index in [0.29, 0.717) is 40.3 Å². The number of benzene rings is 1. The summed E-state index contributed by atoms with van der Waals surface area (Å²) in [6.07, 6.45) is 9.96. The number of nitrogen functional groups attached to an aromatic ring is 1. The van der Waals surface area contributed by atoms with Crippen molar-refractivity contribution in [2.45, 2.75) is 72.1 Å². The summed E-state index contributed by atoms with van der Waals surface area (Å²) in [6.45, 7) is 8.54. The van der Waals surface area contributed by atoms with E-state index >= 15 is 0 Å². The van der Waals surface area contributed by atoms with Gasteiger partial charge in [0.25, 0.3) is 0 Å². The SMILES string of the molecule is COCC1CC2CC(C)CCC2(C)C2CCC3(C)C(C(=O)CN(N)c4ccc(OC)cc4N)CCC3C12. The van der Waals surface area contributed by atoms with Crippen molar-refractivity contribution in [1.29, 1.82) is 0 Å². The van der Waals surface area contributed by atoms with E-state index in [1.165, 1.54) is 37.1 Å². The van der Waals surface area contributed by atoms with Gasteiger partial charge in [0.2, 0.25) is 0 Å². The van der Waals surface area contributed by atoms with Gasteiger partial charge >= 0.3 is 0 Å². The molecule has 4 saturated carbocycles. The van der Waals surface area contributed by atoms with Gasteiger partial charge in [0.1, 0.15) is 5.75 Å². The highest BCUT2D eigenvalue weighted by molar-refractivity contribution is 5.87. The molecule has 0 saturated heterocycles. The van der Waals surface area contributed by atoms with E-state index in [9.17, 15) is 4.79 Å². The van der Waals surface area contributed by atoms with Crippen molar-refractivity contribution in [2.75, 3.05) is 38.1 Å². The standard InChI is InChI=1S/C31H49N3O3/c1-19-10-12-30(2)21(14-19)15-20(18-36-4)29-24-8-7-23(31(24,3)13-11-25(29)30)28(35)17-34(33)27-9-6-22(37-5)16-26(27)32/h6,9,16,19-21,23-25,29H,7-8,10-15,17-18,32-33H2,1-5H3. The Bertz CT molecular complexity index is 1000. The molecule has 9 atom stereocenters. The van der Waals surface area contributed by atoms with Gasteiger partial charge in [-0.3, -0.25) is 4.79 Å². The Labute approximate surface area is 223 Å². The van der Waals surface area contributed by atoms with E-state index in [4.69, 9.17) is 21.1 Å². The molecule has 0 aliphatic heterocycles. The number of rotatable bonds is 7. The Morgan fingerprint density at radius 3 is 2.49 bits per heavy atom. The first-order valence-electron chi connectivity index (χ1n) is 14.6. The maximum atomic E-state index is 13.8. The first-order chi connectivity index (χ1) is 17.6. The predicted octanol–water partition coefficient (Wildman–Crippen LogP) is 5.69. The largest absolute Gasteiger partial charge is 0.497 e. The molecule has 1 aromatic rings. The lowest BCUT2D eigenvalue weighted by molar-refractivity contribution is -0.156. The molecule has 5 rings (SSSR count). The fourth-order valence-electron chi connectivity index (χ4n) is 9.84. The van der Waals surface area contributed by atoms with Crippen LogP contribution in [0.25, 0.3) is 0 Å². The number of methoxy groups -OCH3 is 2. The zero-order valence-corrected chi connectivity index (χ0v) is 23.7. The molecular formula is C31H49N3O3. The number of ketones is 1. The minimum Gasteiger partial charge on any atom is -0.497 e. The number of carbonyl (C=O) groups excluding carboxylic acids is 1. The minimum absolute atomic E-state index is 0.0433. The second-order valence-corrected chi connectivity index (χ2v) is 13.5. The number of carbonyl (C=O) groups is 1. The van der Waals surface area contributed by atoms with Gasteiger partial charge in [-0.25, -0.2) is 5.84 Å². The van der Waals surface area contributed by atoms with Crippen molar-refractivity contribution in [2.24, 2.45) is 58.1 Å². The molecule has 6 nitrogen and oxygen atoms in total. The smallest absolute Gasteiger partial charge is 0.157 e. The van der Waals surface area contributed by atoms with Crippen LogP contribution in [0.4, 0.5) is 11.4 Å².